The number of nitrogens with zero attached hydrogens (tertiary/aromatic N) is 5. The molecule has 1 aliphatic carbocycles. The maximum absolute atomic E-state index is 5.42. The van der Waals surface area contributed by atoms with Gasteiger partial charge < -0.3 is 9.09 Å². The fourth-order valence-electron chi connectivity index (χ4n) is 2.92. The van der Waals surface area contributed by atoms with Crippen molar-refractivity contribution < 1.29 is 4.52 Å². The van der Waals surface area contributed by atoms with Gasteiger partial charge in [-0.1, -0.05) is 55.0 Å². The summed E-state index contributed by atoms with van der Waals surface area (Å²) in [6.07, 6.45) is 2.46. The first-order chi connectivity index (χ1) is 12.7. The topological polar surface area (TPSA) is 69.6 Å². The Morgan fingerprint density at radius 2 is 1.96 bits per heavy atom. The van der Waals surface area contributed by atoms with Crippen LogP contribution in [-0.4, -0.2) is 24.9 Å². The van der Waals surface area contributed by atoms with Gasteiger partial charge in [-0.3, -0.25) is 0 Å². The summed E-state index contributed by atoms with van der Waals surface area (Å²) in [6.45, 7) is 7.38. The first-order valence-corrected chi connectivity index (χ1v) is 10.1. The lowest BCUT2D eigenvalue weighted by Gasteiger charge is -2.05. The zero-order valence-corrected chi connectivity index (χ0v) is 16.2. The van der Waals surface area contributed by atoms with Gasteiger partial charge in [-0.2, -0.15) is 4.98 Å². The van der Waals surface area contributed by atoms with Crippen LogP contribution >= 0.6 is 11.8 Å². The molecule has 7 heteroatoms. The smallest absolute Gasteiger partial charge is 0.237 e. The molecular weight excluding hydrogens is 346 g/mol. The van der Waals surface area contributed by atoms with E-state index in [0.717, 1.165) is 23.1 Å². The molecule has 3 aromatic rings. The zero-order chi connectivity index (χ0) is 18.1. The van der Waals surface area contributed by atoms with Crippen LogP contribution in [-0.2, 0) is 12.3 Å². The van der Waals surface area contributed by atoms with Crippen molar-refractivity contribution in [3.05, 3.63) is 41.5 Å². The second-order valence-corrected chi connectivity index (χ2v) is 7.88. The first kappa shape index (κ1) is 17.3. The third kappa shape index (κ3) is 3.53. The number of hydrogen-bond acceptors (Lipinski definition) is 6. The van der Waals surface area contributed by atoms with Crippen LogP contribution in [0.25, 0.3) is 11.4 Å². The van der Waals surface area contributed by atoms with Crippen molar-refractivity contribution in [1.82, 2.24) is 24.9 Å². The van der Waals surface area contributed by atoms with Crippen LogP contribution in [0.4, 0.5) is 0 Å². The summed E-state index contributed by atoms with van der Waals surface area (Å²) in [4.78, 5) is 4.52. The Morgan fingerprint density at radius 3 is 2.62 bits per heavy atom. The van der Waals surface area contributed by atoms with Crippen molar-refractivity contribution in [1.29, 1.82) is 0 Å². The van der Waals surface area contributed by atoms with E-state index in [1.165, 1.54) is 18.4 Å². The summed E-state index contributed by atoms with van der Waals surface area (Å²) in [5, 5.41) is 13.7. The highest BCUT2D eigenvalue weighted by atomic mass is 32.2. The summed E-state index contributed by atoms with van der Waals surface area (Å²) in [7, 11) is 0. The minimum Gasteiger partial charge on any atom is -0.338 e. The van der Waals surface area contributed by atoms with Crippen LogP contribution in [0.3, 0.4) is 0 Å². The van der Waals surface area contributed by atoms with Gasteiger partial charge in [0.25, 0.3) is 0 Å². The lowest BCUT2D eigenvalue weighted by atomic mass is 10.0. The highest BCUT2D eigenvalue weighted by Crippen LogP contribution is 2.40. The first-order valence-electron chi connectivity index (χ1n) is 9.14. The van der Waals surface area contributed by atoms with Gasteiger partial charge in [-0.15, -0.1) is 10.2 Å². The number of benzene rings is 1. The number of rotatable bonds is 7. The zero-order valence-electron chi connectivity index (χ0n) is 15.3. The van der Waals surface area contributed by atoms with E-state index >= 15 is 0 Å². The molecule has 0 atom stereocenters. The minimum absolute atomic E-state index is 0.512. The molecule has 1 fully saturated rings. The van der Waals surface area contributed by atoms with Crippen LogP contribution in [0, 0.1) is 0 Å². The van der Waals surface area contributed by atoms with E-state index in [9.17, 15) is 0 Å². The average molecular weight is 369 g/mol. The summed E-state index contributed by atoms with van der Waals surface area (Å²) >= 11 is 1.60. The lowest BCUT2D eigenvalue weighted by Crippen LogP contribution is -2.02. The maximum atomic E-state index is 5.42. The van der Waals surface area contributed by atoms with Crippen LogP contribution < -0.4 is 0 Å². The highest BCUT2D eigenvalue weighted by molar-refractivity contribution is 7.98. The Hall–Kier alpha value is -2.15. The standard InChI is InChI=1S/C19H23N5OS/c1-4-24-18(15-9-10-15)21-22-19(24)26-11-16-20-17(23-25-16)14-7-5-13(6-8-14)12(2)3/h5-8,12,15H,4,9-11H2,1-3H3. The molecular formula is C19H23N5OS. The summed E-state index contributed by atoms with van der Waals surface area (Å²) in [6, 6.07) is 8.33. The lowest BCUT2D eigenvalue weighted by molar-refractivity contribution is 0.391. The van der Waals surface area contributed by atoms with Crippen LogP contribution in [0.1, 0.15) is 62.7 Å². The molecule has 6 nitrogen and oxygen atoms in total. The minimum atomic E-state index is 0.512. The molecule has 0 N–H and O–H groups in total. The quantitative estimate of drug-likeness (QED) is 0.565. The predicted molar refractivity (Wildman–Crippen MR) is 101 cm³/mol. The molecule has 0 saturated heterocycles. The number of aromatic nitrogens is 5. The summed E-state index contributed by atoms with van der Waals surface area (Å²) in [5.41, 5.74) is 2.28. The van der Waals surface area contributed by atoms with E-state index in [4.69, 9.17) is 4.52 Å². The number of hydrogen-bond donors (Lipinski definition) is 0. The molecule has 4 rings (SSSR count). The van der Waals surface area contributed by atoms with Crippen molar-refractivity contribution in [2.45, 2.75) is 62.9 Å². The van der Waals surface area contributed by atoms with E-state index in [2.05, 4.69) is 57.8 Å². The van der Waals surface area contributed by atoms with Crippen molar-refractivity contribution in [2.75, 3.05) is 0 Å². The molecule has 0 unspecified atom stereocenters. The predicted octanol–water partition coefficient (Wildman–Crippen LogP) is 4.64. The van der Waals surface area contributed by atoms with Gasteiger partial charge in [0.15, 0.2) is 5.16 Å². The van der Waals surface area contributed by atoms with Gasteiger partial charge in [0.05, 0.1) is 5.75 Å². The molecule has 26 heavy (non-hydrogen) atoms. The highest BCUT2D eigenvalue weighted by Gasteiger charge is 2.30. The van der Waals surface area contributed by atoms with Crippen molar-refractivity contribution in [3.8, 4) is 11.4 Å². The molecule has 0 bridgehead atoms. The molecule has 1 aliphatic rings. The van der Waals surface area contributed by atoms with Gasteiger partial charge in [0.2, 0.25) is 11.7 Å². The molecule has 1 saturated carbocycles. The van der Waals surface area contributed by atoms with Gasteiger partial charge in [-0.05, 0) is 31.2 Å². The SMILES string of the molecule is CCn1c(SCc2nc(-c3ccc(C(C)C)cc3)no2)nnc1C1CC1. The van der Waals surface area contributed by atoms with E-state index < -0.39 is 0 Å². The largest absolute Gasteiger partial charge is 0.338 e. The fraction of sp³-hybridized carbons (Fsp3) is 0.474. The van der Waals surface area contributed by atoms with Crippen molar-refractivity contribution in [2.24, 2.45) is 0 Å². The second-order valence-electron chi connectivity index (χ2n) is 6.94. The average Bonchev–Trinajstić information content (AvgIpc) is 3.24. The third-order valence-electron chi connectivity index (χ3n) is 4.63. The van der Waals surface area contributed by atoms with E-state index in [-0.39, 0.29) is 0 Å². The monoisotopic (exact) mass is 369 g/mol. The van der Waals surface area contributed by atoms with Gasteiger partial charge >= 0.3 is 0 Å². The third-order valence-corrected chi connectivity index (χ3v) is 5.58. The van der Waals surface area contributed by atoms with E-state index in [1.54, 1.807) is 11.8 Å². The molecule has 136 valence electrons. The molecule has 0 amide bonds. The molecule has 0 radical (unpaired) electrons. The molecule has 0 aliphatic heterocycles. The van der Waals surface area contributed by atoms with Crippen LogP contribution in [0.5, 0.6) is 0 Å². The maximum Gasteiger partial charge on any atom is 0.237 e. The Morgan fingerprint density at radius 1 is 1.19 bits per heavy atom. The summed E-state index contributed by atoms with van der Waals surface area (Å²) < 4.78 is 7.62. The molecule has 0 spiro atoms. The van der Waals surface area contributed by atoms with E-state index in [1.807, 2.05) is 12.1 Å². The fourth-order valence-corrected chi connectivity index (χ4v) is 3.77. The number of thioether (sulfide) groups is 1. The molecule has 2 aromatic heterocycles. The van der Waals surface area contributed by atoms with Crippen LogP contribution in [0.15, 0.2) is 33.9 Å². The van der Waals surface area contributed by atoms with Crippen molar-refractivity contribution in [3.63, 3.8) is 0 Å². The van der Waals surface area contributed by atoms with Gasteiger partial charge in [0, 0.05) is 18.0 Å². The van der Waals surface area contributed by atoms with Crippen molar-refractivity contribution >= 4 is 11.8 Å². The van der Waals surface area contributed by atoms with Gasteiger partial charge in [-0.25, -0.2) is 0 Å². The van der Waals surface area contributed by atoms with Gasteiger partial charge in [0.1, 0.15) is 5.82 Å². The van der Waals surface area contributed by atoms with Crippen LogP contribution in [0.2, 0.25) is 0 Å². The Balaban J connectivity index is 1.44. The summed E-state index contributed by atoms with van der Waals surface area (Å²) in [5.74, 6) is 4.06. The Kier molecular flexibility index (Phi) is 4.80. The van der Waals surface area contributed by atoms with E-state index in [0.29, 0.717) is 29.3 Å². The Bertz CT molecular complexity index is 880. The Labute approximate surface area is 157 Å². The molecule has 1 aromatic carbocycles. The normalized spacial score (nSPS) is 14.3. The molecule has 2 heterocycles. The second kappa shape index (κ2) is 7.23.